The van der Waals surface area contributed by atoms with Gasteiger partial charge in [0, 0.05) is 12.0 Å². The van der Waals surface area contributed by atoms with Crippen LogP contribution in [0.1, 0.15) is 50.3 Å². The summed E-state index contributed by atoms with van der Waals surface area (Å²) in [4.78, 5) is 8.67. The van der Waals surface area contributed by atoms with Crippen LogP contribution in [0.25, 0.3) is 5.78 Å². The Kier molecular flexibility index (Phi) is 4.88. The number of rotatable bonds is 7. The van der Waals surface area contributed by atoms with Gasteiger partial charge >= 0.3 is 0 Å². The maximum absolute atomic E-state index is 8.54. The zero-order valence-electron chi connectivity index (χ0n) is 11.8. The van der Waals surface area contributed by atoms with E-state index in [-0.39, 0.29) is 0 Å². The van der Waals surface area contributed by atoms with Crippen LogP contribution in [-0.2, 0) is 12.8 Å². The van der Waals surface area contributed by atoms with Crippen molar-refractivity contribution in [3.8, 4) is 6.07 Å². The molecule has 0 amide bonds. The Balaban J connectivity index is 2.18. The number of nitrogen functional groups attached to an aromatic ring is 1. The van der Waals surface area contributed by atoms with Crippen molar-refractivity contribution in [3.63, 3.8) is 0 Å². The van der Waals surface area contributed by atoms with E-state index >= 15 is 0 Å². The molecule has 2 aromatic rings. The number of nitrogens with two attached hydrogens (primary N) is 1. The van der Waals surface area contributed by atoms with E-state index in [0.29, 0.717) is 18.0 Å². The summed E-state index contributed by atoms with van der Waals surface area (Å²) in [7, 11) is 0. The Bertz CT molecular complexity index is 610. The summed E-state index contributed by atoms with van der Waals surface area (Å²) in [6.07, 6.45) is 7.91. The molecule has 2 N–H and O–H groups in total. The van der Waals surface area contributed by atoms with Crippen LogP contribution >= 0.6 is 0 Å². The fraction of sp³-hybridized carbons (Fsp3) is 0.571. The smallest absolute Gasteiger partial charge is 0.254 e. The third-order valence-electron chi connectivity index (χ3n) is 3.35. The first kappa shape index (κ1) is 14.3. The minimum Gasteiger partial charge on any atom is -0.383 e. The van der Waals surface area contributed by atoms with E-state index in [2.05, 4.69) is 28.1 Å². The first-order chi connectivity index (χ1) is 9.77. The molecule has 2 heterocycles. The second kappa shape index (κ2) is 6.85. The van der Waals surface area contributed by atoms with Gasteiger partial charge in [0.2, 0.25) is 0 Å². The van der Waals surface area contributed by atoms with Gasteiger partial charge in [-0.1, -0.05) is 19.8 Å². The summed E-state index contributed by atoms with van der Waals surface area (Å²) in [5.74, 6) is 1.22. The Hall–Kier alpha value is -2.16. The molecule has 0 atom stereocenters. The maximum Gasteiger partial charge on any atom is 0.254 e. The molecule has 0 aromatic carbocycles. The Morgan fingerprint density at radius 1 is 1.30 bits per heavy atom. The van der Waals surface area contributed by atoms with Gasteiger partial charge in [-0.25, -0.2) is 4.98 Å². The number of nitrogens with zero attached hydrogens (tertiary/aromatic N) is 5. The molecule has 2 aromatic heterocycles. The zero-order chi connectivity index (χ0) is 14.4. The van der Waals surface area contributed by atoms with E-state index in [4.69, 9.17) is 11.0 Å². The van der Waals surface area contributed by atoms with Gasteiger partial charge in [0.25, 0.3) is 5.78 Å². The van der Waals surface area contributed by atoms with Crippen molar-refractivity contribution in [3.05, 3.63) is 17.6 Å². The fourth-order valence-electron chi connectivity index (χ4n) is 2.34. The van der Waals surface area contributed by atoms with Crippen LogP contribution in [0.3, 0.4) is 0 Å². The SMILES string of the molecule is CCCc1nc2ncnn2c(N)c1CCCCCC#N. The number of hydrogen-bond acceptors (Lipinski definition) is 5. The van der Waals surface area contributed by atoms with Crippen LogP contribution in [0.15, 0.2) is 6.33 Å². The molecule has 0 unspecified atom stereocenters. The lowest BCUT2D eigenvalue weighted by molar-refractivity contribution is 0.680. The number of hydrogen-bond donors (Lipinski definition) is 1. The summed E-state index contributed by atoms with van der Waals surface area (Å²) in [6.45, 7) is 2.13. The summed E-state index contributed by atoms with van der Waals surface area (Å²) in [5, 5.41) is 12.6. The maximum atomic E-state index is 8.54. The molecule has 0 bridgehead atoms. The third kappa shape index (κ3) is 3.05. The fourth-order valence-corrected chi connectivity index (χ4v) is 2.34. The van der Waals surface area contributed by atoms with Gasteiger partial charge in [-0.3, -0.25) is 0 Å². The number of nitriles is 1. The van der Waals surface area contributed by atoms with Gasteiger partial charge in [0.05, 0.1) is 11.8 Å². The third-order valence-corrected chi connectivity index (χ3v) is 3.35. The molecule has 0 aliphatic heterocycles. The number of aryl methyl sites for hydroxylation is 1. The summed E-state index contributed by atoms with van der Waals surface area (Å²) in [5.41, 5.74) is 8.32. The van der Waals surface area contributed by atoms with Crippen molar-refractivity contribution in [2.75, 3.05) is 5.73 Å². The van der Waals surface area contributed by atoms with Crippen LogP contribution in [-0.4, -0.2) is 19.6 Å². The molecule has 0 radical (unpaired) electrons. The number of unbranched alkanes of at least 4 members (excludes halogenated alkanes) is 3. The van der Waals surface area contributed by atoms with Gasteiger partial charge < -0.3 is 5.73 Å². The first-order valence-corrected chi connectivity index (χ1v) is 7.11. The van der Waals surface area contributed by atoms with E-state index in [0.717, 1.165) is 49.8 Å². The molecule has 106 valence electrons. The lowest BCUT2D eigenvalue weighted by Gasteiger charge is -2.11. The van der Waals surface area contributed by atoms with E-state index in [1.807, 2.05) is 0 Å². The average molecular weight is 272 g/mol. The second-order valence-corrected chi connectivity index (χ2v) is 4.86. The van der Waals surface area contributed by atoms with E-state index in [1.54, 1.807) is 4.52 Å². The van der Waals surface area contributed by atoms with Crippen molar-refractivity contribution < 1.29 is 0 Å². The van der Waals surface area contributed by atoms with Crippen molar-refractivity contribution in [1.82, 2.24) is 19.6 Å². The molecule has 6 heteroatoms. The molecular formula is C14H20N6. The summed E-state index contributed by atoms with van der Waals surface area (Å²) in [6, 6.07) is 2.17. The normalized spacial score (nSPS) is 10.8. The van der Waals surface area contributed by atoms with Gasteiger partial charge in [-0.2, -0.15) is 19.9 Å². The highest BCUT2D eigenvalue weighted by atomic mass is 15.3. The Labute approximate surface area is 118 Å². The van der Waals surface area contributed by atoms with E-state index in [1.165, 1.54) is 6.33 Å². The number of anilines is 1. The van der Waals surface area contributed by atoms with Crippen molar-refractivity contribution in [2.45, 2.75) is 51.9 Å². The molecule has 20 heavy (non-hydrogen) atoms. The van der Waals surface area contributed by atoms with Crippen LogP contribution in [0.5, 0.6) is 0 Å². The summed E-state index contributed by atoms with van der Waals surface area (Å²) >= 11 is 0. The standard InChI is InChI=1S/C14H20N6/c1-2-7-12-11(8-5-3-4-6-9-15)13(16)20-14(19-12)17-10-18-20/h10H,2-8,16H2,1H3. The van der Waals surface area contributed by atoms with Gasteiger partial charge in [-0.05, 0) is 25.7 Å². The second-order valence-electron chi connectivity index (χ2n) is 4.86. The number of fused-ring (bicyclic) bond motifs is 1. The van der Waals surface area contributed by atoms with Crippen molar-refractivity contribution in [2.24, 2.45) is 0 Å². The predicted molar refractivity (Wildman–Crippen MR) is 77.0 cm³/mol. The quantitative estimate of drug-likeness (QED) is 0.780. The Morgan fingerprint density at radius 3 is 2.90 bits per heavy atom. The lowest BCUT2D eigenvalue weighted by Crippen LogP contribution is -2.10. The highest BCUT2D eigenvalue weighted by Gasteiger charge is 2.13. The molecule has 6 nitrogen and oxygen atoms in total. The van der Waals surface area contributed by atoms with Gasteiger partial charge in [-0.15, -0.1) is 0 Å². The topological polar surface area (TPSA) is 92.9 Å². The number of aromatic nitrogens is 4. The van der Waals surface area contributed by atoms with E-state index < -0.39 is 0 Å². The monoisotopic (exact) mass is 272 g/mol. The van der Waals surface area contributed by atoms with Gasteiger partial charge in [0.1, 0.15) is 12.1 Å². The highest BCUT2D eigenvalue weighted by Crippen LogP contribution is 2.20. The molecule has 0 aliphatic rings. The van der Waals surface area contributed by atoms with E-state index in [9.17, 15) is 0 Å². The largest absolute Gasteiger partial charge is 0.383 e. The van der Waals surface area contributed by atoms with Crippen molar-refractivity contribution >= 4 is 11.6 Å². The molecule has 0 fully saturated rings. The van der Waals surface area contributed by atoms with Crippen LogP contribution < -0.4 is 5.73 Å². The molecular weight excluding hydrogens is 252 g/mol. The molecule has 2 rings (SSSR count). The van der Waals surface area contributed by atoms with Crippen molar-refractivity contribution in [1.29, 1.82) is 5.26 Å². The average Bonchev–Trinajstić information content (AvgIpc) is 2.90. The van der Waals surface area contributed by atoms with Crippen LogP contribution in [0, 0.1) is 11.3 Å². The van der Waals surface area contributed by atoms with Crippen LogP contribution in [0.4, 0.5) is 5.82 Å². The minimum absolute atomic E-state index is 0.569. The summed E-state index contributed by atoms with van der Waals surface area (Å²) < 4.78 is 1.60. The predicted octanol–water partition coefficient (Wildman–Crippen LogP) is 2.29. The first-order valence-electron chi connectivity index (χ1n) is 7.11. The molecule has 0 saturated heterocycles. The zero-order valence-corrected chi connectivity index (χ0v) is 11.8. The van der Waals surface area contributed by atoms with Gasteiger partial charge in [0.15, 0.2) is 0 Å². The Morgan fingerprint density at radius 2 is 2.15 bits per heavy atom. The van der Waals surface area contributed by atoms with Crippen LogP contribution in [0.2, 0.25) is 0 Å². The highest BCUT2D eigenvalue weighted by molar-refractivity contribution is 5.49. The minimum atomic E-state index is 0.569. The molecule has 0 aliphatic carbocycles. The lowest BCUT2D eigenvalue weighted by atomic mass is 10.0. The molecule has 0 spiro atoms. The molecule has 0 saturated carbocycles.